The van der Waals surface area contributed by atoms with Crippen LogP contribution in [0.2, 0.25) is 0 Å². The molecule has 0 heterocycles. The minimum absolute atomic E-state index is 0. The number of benzene rings is 1. The van der Waals surface area contributed by atoms with Crippen LogP contribution in [0.15, 0.2) is 30.3 Å². The number of carboxylic acids is 1. The van der Waals surface area contributed by atoms with Gasteiger partial charge in [-0.25, -0.2) is 4.79 Å². The zero-order chi connectivity index (χ0) is 12.0. The summed E-state index contributed by atoms with van der Waals surface area (Å²) in [5, 5.41) is 9.38. The molecule has 0 saturated heterocycles. The van der Waals surface area contributed by atoms with Crippen molar-refractivity contribution >= 4 is 18.4 Å². The molecule has 1 N–H and O–H groups in total. The molecule has 0 fully saturated rings. The van der Waals surface area contributed by atoms with Gasteiger partial charge in [-0.1, -0.05) is 44.2 Å². The molecule has 1 aromatic carbocycles. The first kappa shape index (κ1) is 15.9. The molecular weight excluding hydrogens is 240 g/mol. The van der Waals surface area contributed by atoms with Crippen LogP contribution in [0, 0.1) is 0 Å². The molecule has 0 spiro atoms. The van der Waals surface area contributed by atoms with Gasteiger partial charge in [0.05, 0.1) is 0 Å². The molecular formula is C13H19ClO3. The maximum absolute atomic E-state index is 11.4. The van der Waals surface area contributed by atoms with E-state index in [0.717, 1.165) is 6.42 Å². The van der Waals surface area contributed by atoms with Gasteiger partial charge in [-0.3, -0.25) is 0 Å². The summed E-state index contributed by atoms with van der Waals surface area (Å²) in [6.07, 6.45) is 1.23. The SMILES string of the molecule is CCCOC(CC)(C(=O)O)c1ccccc1.Cl. The second-order valence-electron chi connectivity index (χ2n) is 3.70. The van der Waals surface area contributed by atoms with Gasteiger partial charge in [-0.15, -0.1) is 12.4 Å². The highest BCUT2D eigenvalue weighted by Gasteiger charge is 2.39. The Morgan fingerprint density at radius 2 is 1.88 bits per heavy atom. The fraction of sp³-hybridized carbons (Fsp3) is 0.462. The monoisotopic (exact) mass is 258 g/mol. The smallest absolute Gasteiger partial charge is 0.340 e. The van der Waals surface area contributed by atoms with Crippen molar-refractivity contribution in [3.05, 3.63) is 35.9 Å². The van der Waals surface area contributed by atoms with Crippen LogP contribution in [-0.4, -0.2) is 17.7 Å². The first-order chi connectivity index (χ1) is 7.67. The van der Waals surface area contributed by atoms with Crippen LogP contribution in [0.3, 0.4) is 0 Å². The Hall–Kier alpha value is -1.06. The summed E-state index contributed by atoms with van der Waals surface area (Å²) in [6, 6.07) is 9.13. The number of carbonyl (C=O) groups is 1. The number of hydrogen-bond donors (Lipinski definition) is 1. The highest BCUT2D eigenvalue weighted by Crippen LogP contribution is 2.30. The number of hydrogen-bond acceptors (Lipinski definition) is 2. The Bertz CT molecular complexity index is 340. The average molecular weight is 259 g/mol. The van der Waals surface area contributed by atoms with Gasteiger partial charge in [0.25, 0.3) is 0 Å². The predicted molar refractivity (Wildman–Crippen MR) is 69.5 cm³/mol. The van der Waals surface area contributed by atoms with Crippen LogP contribution >= 0.6 is 12.4 Å². The first-order valence-corrected chi connectivity index (χ1v) is 5.60. The third kappa shape index (κ3) is 3.45. The fourth-order valence-electron chi connectivity index (χ4n) is 1.71. The molecule has 3 nitrogen and oxygen atoms in total. The standard InChI is InChI=1S/C13H18O3.ClH/c1-3-10-16-13(4-2,12(14)15)11-8-6-5-7-9-11;/h5-9H,3-4,10H2,1-2H3,(H,14,15);1H. The van der Waals surface area contributed by atoms with E-state index in [1.165, 1.54) is 0 Å². The number of carboxylic acid groups (broad SMARTS) is 1. The molecule has 0 saturated carbocycles. The minimum Gasteiger partial charge on any atom is -0.479 e. The number of ether oxygens (including phenoxy) is 1. The fourth-order valence-corrected chi connectivity index (χ4v) is 1.71. The van der Waals surface area contributed by atoms with Gasteiger partial charge in [0, 0.05) is 6.61 Å². The molecule has 0 aliphatic rings. The van der Waals surface area contributed by atoms with Gasteiger partial charge in [0.2, 0.25) is 0 Å². The quantitative estimate of drug-likeness (QED) is 0.852. The summed E-state index contributed by atoms with van der Waals surface area (Å²) in [6.45, 7) is 4.25. The lowest BCUT2D eigenvalue weighted by Gasteiger charge is -2.28. The third-order valence-electron chi connectivity index (χ3n) is 2.64. The van der Waals surface area contributed by atoms with Crippen LogP contribution in [-0.2, 0) is 15.1 Å². The summed E-state index contributed by atoms with van der Waals surface area (Å²) in [5.74, 6) is -0.922. The molecule has 1 atom stereocenters. The van der Waals surface area contributed by atoms with E-state index < -0.39 is 11.6 Å². The minimum atomic E-state index is -1.20. The first-order valence-electron chi connectivity index (χ1n) is 5.60. The topological polar surface area (TPSA) is 46.5 Å². The largest absolute Gasteiger partial charge is 0.479 e. The van der Waals surface area contributed by atoms with E-state index >= 15 is 0 Å². The Morgan fingerprint density at radius 3 is 2.29 bits per heavy atom. The molecule has 0 aromatic heterocycles. The molecule has 4 heteroatoms. The van der Waals surface area contributed by atoms with Crippen molar-refractivity contribution in [3.63, 3.8) is 0 Å². The van der Waals surface area contributed by atoms with Crippen LogP contribution in [0.25, 0.3) is 0 Å². The van der Waals surface area contributed by atoms with E-state index in [1.807, 2.05) is 32.0 Å². The zero-order valence-electron chi connectivity index (χ0n) is 10.2. The Morgan fingerprint density at radius 1 is 1.29 bits per heavy atom. The second-order valence-corrected chi connectivity index (χ2v) is 3.70. The number of rotatable bonds is 6. The van der Waals surface area contributed by atoms with E-state index in [1.54, 1.807) is 12.1 Å². The second kappa shape index (κ2) is 7.30. The third-order valence-corrected chi connectivity index (χ3v) is 2.64. The van der Waals surface area contributed by atoms with Crippen molar-refractivity contribution in [2.24, 2.45) is 0 Å². The zero-order valence-corrected chi connectivity index (χ0v) is 11.0. The number of halogens is 1. The lowest BCUT2D eigenvalue weighted by Crippen LogP contribution is -2.38. The van der Waals surface area contributed by atoms with Gasteiger partial charge in [-0.2, -0.15) is 0 Å². The maximum Gasteiger partial charge on any atom is 0.340 e. The average Bonchev–Trinajstić information content (AvgIpc) is 2.31. The predicted octanol–water partition coefficient (Wildman–Crippen LogP) is 3.22. The highest BCUT2D eigenvalue weighted by atomic mass is 35.5. The van der Waals surface area contributed by atoms with Crippen molar-refractivity contribution in [2.75, 3.05) is 6.61 Å². The lowest BCUT2D eigenvalue weighted by molar-refractivity contribution is -0.168. The van der Waals surface area contributed by atoms with Crippen molar-refractivity contribution < 1.29 is 14.6 Å². The van der Waals surface area contributed by atoms with Crippen LogP contribution < -0.4 is 0 Å². The Labute approximate surface area is 108 Å². The lowest BCUT2D eigenvalue weighted by atomic mass is 9.91. The Kier molecular flexibility index (Phi) is 6.85. The van der Waals surface area contributed by atoms with E-state index in [4.69, 9.17) is 4.74 Å². The van der Waals surface area contributed by atoms with Gasteiger partial charge in [0.1, 0.15) is 0 Å². The summed E-state index contributed by atoms with van der Waals surface area (Å²) >= 11 is 0. The molecule has 0 amide bonds. The molecule has 1 unspecified atom stereocenters. The molecule has 17 heavy (non-hydrogen) atoms. The van der Waals surface area contributed by atoms with Crippen molar-refractivity contribution in [1.82, 2.24) is 0 Å². The molecule has 1 rings (SSSR count). The summed E-state index contributed by atoms with van der Waals surface area (Å²) in [5.41, 5.74) is -0.490. The maximum atomic E-state index is 11.4. The number of aliphatic carboxylic acids is 1. The summed E-state index contributed by atoms with van der Waals surface area (Å²) in [4.78, 5) is 11.4. The van der Waals surface area contributed by atoms with Crippen LogP contribution in [0.5, 0.6) is 0 Å². The molecule has 0 aliphatic carbocycles. The van der Waals surface area contributed by atoms with Crippen LogP contribution in [0.1, 0.15) is 32.3 Å². The van der Waals surface area contributed by atoms with E-state index in [2.05, 4.69) is 0 Å². The summed E-state index contributed by atoms with van der Waals surface area (Å²) in [7, 11) is 0. The van der Waals surface area contributed by atoms with Crippen LogP contribution in [0.4, 0.5) is 0 Å². The van der Waals surface area contributed by atoms with E-state index in [0.29, 0.717) is 18.6 Å². The van der Waals surface area contributed by atoms with Gasteiger partial charge < -0.3 is 9.84 Å². The van der Waals surface area contributed by atoms with Crippen molar-refractivity contribution in [3.8, 4) is 0 Å². The van der Waals surface area contributed by atoms with E-state index in [-0.39, 0.29) is 12.4 Å². The van der Waals surface area contributed by atoms with E-state index in [9.17, 15) is 9.90 Å². The Balaban J connectivity index is 0.00000256. The van der Waals surface area contributed by atoms with Crippen molar-refractivity contribution in [1.29, 1.82) is 0 Å². The highest BCUT2D eigenvalue weighted by molar-refractivity contribution is 5.85. The molecule has 96 valence electrons. The van der Waals surface area contributed by atoms with Gasteiger partial charge in [0.15, 0.2) is 5.60 Å². The molecule has 1 aromatic rings. The molecule has 0 radical (unpaired) electrons. The molecule has 0 bridgehead atoms. The van der Waals surface area contributed by atoms with Crippen molar-refractivity contribution in [2.45, 2.75) is 32.3 Å². The summed E-state index contributed by atoms with van der Waals surface area (Å²) < 4.78 is 5.58. The van der Waals surface area contributed by atoms with Gasteiger partial charge in [-0.05, 0) is 18.4 Å². The molecule has 0 aliphatic heterocycles. The van der Waals surface area contributed by atoms with Gasteiger partial charge >= 0.3 is 5.97 Å². The normalized spacial score (nSPS) is 13.5.